The molecule has 2 saturated heterocycles. The number of amides is 1. The Morgan fingerprint density at radius 3 is 2.45 bits per heavy atom. The highest BCUT2D eigenvalue weighted by molar-refractivity contribution is 7.96. The summed E-state index contributed by atoms with van der Waals surface area (Å²) >= 11 is 0. The van der Waals surface area contributed by atoms with Crippen molar-refractivity contribution in [2.45, 2.75) is 94.9 Å². The average molecular weight is 718 g/mol. The van der Waals surface area contributed by atoms with Crippen LogP contribution in [0.1, 0.15) is 76.6 Å². The molecule has 4 aliphatic rings. The predicted octanol–water partition coefficient (Wildman–Crippen LogP) is 6.58. The topological polar surface area (TPSA) is 87.5 Å². The van der Waals surface area contributed by atoms with E-state index in [4.69, 9.17) is 0 Å². The van der Waals surface area contributed by atoms with Gasteiger partial charge in [0.1, 0.15) is 11.6 Å². The maximum absolute atomic E-state index is 15.1. The summed E-state index contributed by atoms with van der Waals surface area (Å²) in [4.78, 5) is 22.6. The first-order valence-corrected chi connectivity index (χ1v) is 20.5. The van der Waals surface area contributed by atoms with Crippen LogP contribution < -0.4 is 5.32 Å². The van der Waals surface area contributed by atoms with Crippen LogP contribution in [0.5, 0.6) is 0 Å². The summed E-state index contributed by atoms with van der Waals surface area (Å²) in [6.07, 6.45) is 18.6. The molecule has 6 rings (SSSR count). The van der Waals surface area contributed by atoms with E-state index in [1.165, 1.54) is 18.2 Å². The first-order valence-electron chi connectivity index (χ1n) is 19.0. The lowest BCUT2D eigenvalue weighted by Gasteiger charge is -2.51. The molecule has 2 aromatic rings. The Hall–Kier alpha value is -3.50. The van der Waals surface area contributed by atoms with Gasteiger partial charge in [0.05, 0.1) is 10.2 Å². The Labute approximate surface area is 304 Å². The highest BCUT2D eigenvalue weighted by Gasteiger charge is 2.52. The molecule has 1 aromatic heterocycles. The van der Waals surface area contributed by atoms with Gasteiger partial charge in [0.15, 0.2) is 9.84 Å². The first kappa shape index (κ1) is 37.3. The lowest BCUT2D eigenvalue weighted by atomic mass is 9.58. The fraction of sp³-hybridized carbons (Fsp3) is 0.561. The van der Waals surface area contributed by atoms with Crippen molar-refractivity contribution in [2.75, 3.05) is 32.7 Å². The van der Waals surface area contributed by atoms with Gasteiger partial charge in [0, 0.05) is 68.1 Å². The standard InChI is InChI=1S/C41H56FN5O3S/c1-5-35(51(49,50)36-13-9-14-36)18-17-30(4)47-27-31(28-47)26-45-22-19-32(20-23-45)41(33-11-8-12-34(42)25-33,29-46-24-21-43-39(46)6-2)37-15-10-16-38(37)44-40(48)7-3/h5,7-8,11-12,17-18,21,24-25,31-32,36-38H,1,3,6,9-10,13-16,19-20,22-23,26-29H2,2,4H3,(H,44,48)/b30-17+,35-18+/t37-,38-,41-/m0/s1. The van der Waals surface area contributed by atoms with Crippen molar-refractivity contribution in [2.24, 2.45) is 17.8 Å². The minimum Gasteiger partial charge on any atom is -0.374 e. The molecule has 2 saturated carbocycles. The average Bonchev–Trinajstić information content (AvgIpc) is 3.73. The first-order chi connectivity index (χ1) is 24.6. The Bertz CT molecular complexity index is 1730. The molecule has 3 atom stereocenters. The van der Waals surface area contributed by atoms with E-state index in [2.05, 4.69) is 63.9 Å². The third kappa shape index (κ3) is 7.82. The van der Waals surface area contributed by atoms with E-state index in [1.54, 1.807) is 12.1 Å². The summed E-state index contributed by atoms with van der Waals surface area (Å²) in [5.74, 6) is 1.62. The van der Waals surface area contributed by atoms with Gasteiger partial charge in [-0.1, -0.05) is 51.1 Å². The van der Waals surface area contributed by atoms with Crippen LogP contribution in [0.15, 0.2) is 84.7 Å². The summed E-state index contributed by atoms with van der Waals surface area (Å²) in [6, 6.07) is 7.21. The number of piperidine rings is 1. The zero-order chi connectivity index (χ0) is 36.2. The maximum Gasteiger partial charge on any atom is 0.243 e. The zero-order valence-corrected chi connectivity index (χ0v) is 31.3. The van der Waals surface area contributed by atoms with Crippen LogP contribution in [-0.4, -0.2) is 77.7 Å². The van der Waals surface area contributed by atoms with Crippen molar-refractivity contribution in [3.63, 3.8) is 0 Å². The Kier molecular flexibility index (Phi) is 11.7. The van der Waals surface area contributed by atoms with Gasteiger partial charge in [-0.2, -0.15) is 0 Å². The number of hydrogen-bond acceptors (Lipinski definition) is 6. The third-order valence-corrected chi connectivity index (χ3v) is 14.7. The largest absolute Gasteiger partial charge is 0.374 e. The lowest BCUT2D eigenvalue weighted by Crippen LogP contribution is -2.56. The zero-order valence-electron chi connectivity index (χ0n) is 30.5. The second-order valence-corrected chi connectivity index (χ2v) is 17.5. The Morgan fingerprint density at radius 2 is 1.80 bits per heavy atom. The number of sulfone groups is 1. The summed E-state index contributed by atoms with van der Waals surface area (Å²) in [5.41, 5.74) is 1.70. The summed E-state index contributed by atoms with van der Waals surface area (Å²) < 4.78 is 43.2. The molecule has 1 aromatic carbocycles. The molecule has 1 amide bonds. The number of allylic oxidation sites excluding steroid dienone is 4. The summed E-state index contributed by atoms with van der Waals surface area (Å²) in [7, 11) is -3.30. The van der Waals surface area contributed by atoms with E-state index in [-0.39, 0.29) is 28.9 Å². The fourth-order valence-corrected chi connectivity index (χ4v) is 11.2. The lowest BCUT2D eigenvalue weighted by molar-refractivity contribution is -0.117. The molecule has 8 nitrogen and oxygen atoms in total. The summed E-state index contributed by atoms with van der Waals surface area (Å²) in [6.45, 7) is 17.2. The van der Waals surface area contributed by atoms with Gasteiger partial charge in [-0.05, 0) is 106 Å². The molecule has 10 heteroatoms. The van der Waals surface area contributed by atoms with E-state index in [9.17, 15) is 13.2 Å². The highest BCUT2D eigenvalue weighted by Crippen LogP contribution is 2.52. The van der Waals surface area contributed by atoms with Gasteiger partial charge >= 0.3 is 0 Å². The molecule has 51 heavy (non-hydrogen) atoms. The molecule has 3 heterocycles. The van der Waals surface area contributed by atoms with Crippen molar-refractivity contribution in [3.8, 4) is 0 Å². The van der Waals surface area contributed by atoms with Gasteiger partial charge in [0.25, 0.3) is 0 Å². The van der Waals surface area contributed by atoms with E-state index >= 15 is 4.39 Å². The fourth-order valence-electron chi connectivity index (χ4n) is 9.37. The van der Waals surface area contributed by atoms with E-state index < -0.39 is 15.3 Å². The quantitative estimate of drug-likeness (QED) is 0.166. The molecule has 276 valence electrons. The van der Waals surface area contributed by atoms with Crippen LogP contribution in [-0.2, 0) is 33.0 Å². The second kappa shape index (κ2) is 16.0. The minimum absolute atomic E-state index is 0.0154. The third-order valence-electron chi connectivity index (χ3n) is 12.4. The molecule has 0 radical (unpaired) electrons. The van der Waals surface area contributed by atoms with Crippen molar-refractivity contribution >= 4 is 15.7 Å². The van der Waals surface area contributed by atoms with Gasteiger partial charge in [-0.3, -0.25) is 4.79 Å². The number of aromatic nitrogens is 2. The van der Waals surface area contributed by atoms with E-state index in [1.807, 2.05) is 18.3 Å². The molecule has 0 unspecified atom stereocenters. The number of nitrogens with zero attached hydrogens (tertiary/aromatic N) is 4. The monoisotopic (exact) mass is 717 g/mol. The van der Waals surface area contributed by atoms with Crippen molar-refractivity contribution < 1.29 is 17.6 Å². The van der Waals surface area contributed by atoms with Gasteiger partial charge in [0.2, 0.25) is 5.91 Å². The number of halogens is 1. The molecule has 1 N–H and O–H groups in total. The van der Waals surface area contributed by atoms with Crippen molar-refractivity contribution in [3.05, 3.63) is 102 Å². The van der Waals surface area contributed by atoms with Crippen LogP contribution in [0.25, 0.3) is 0 Å². The van der Waals surface area contributed by atoms with E-state index in [0.29, 0.717) is 23.3 Å². The SMILES string of the molecule is C=CC(=O)N[C@H]1CCC[C@@H]1[C@](Cn1ccnc1CC)(c1cccc(F)c1)C1CCN(CC2CN(/C(C)=C/C=C(\C=C)S(=O)(=O)C3CCC3)C2)CC1. The summed E-state index contributed by atoms with van der Waals surface area (Å²) in [5, 5.41) is 3.02. The molecule has 0 bridgehead atoms. The van der Waals surface area contributed by atoms with Crippen molar-refractivity contribution in [1.29, 1.82) is 0 Å². The molecule has 4 fully saturated rings. The number of nitrogens with one attached hydrogen (secondary N) is 1. The molecule has 2 aliphatic heterocycles. The molecule has 2 aliphatic carbocycles. The molecular weight excluding hydrogens is 662 g/mol. The normalized spacial score (nSPS) is 24.1. The number of aryl methyl sites for hydroxylation is 1. The number of benzene rings is 1. The number of carbonyl (C=O) groups excluding carboxylic acids is 1. The number of hydrogen-bond donors (Lipinski definition) is 1. The number of rotatable bonds is 15. The second-order valence-electron chi connectivity index (χ2n) is 15.3. The maximum atomic E-state index is 15.1. The molecular formula is C41H56FN5O3S. The number of likely N-dealkylation sites (tertiary alicyclic amines) is 2. The number of imidazole rings is 1. The van der Waals surface area contributed by atoms with Crippen LogP contribution in [0, 0.1) is 23.6 Å². The van der Waals surface area contributed by atoms with Gasteiger partial charge < -0.3 is 19.7 Å². The van der Waals surface area contributed by atoms with E-state index in [0.717, 1.165) is 108 Å². The van der Waals surface area contributed by atoms with Crippen LogP contribution in [0.3, 0.4) is 0 Å². The van der Waals surface area contributed by atoms with Crippen LogP contribution in [0.2, 0.25) is 0 Å². The molecule has 0 spiro atoms. The van der Waals surface area contributed by atoms with Gasteiger partial charge in [-0.25, -0.2) is 17.8 Å². The van der Waals surface area contributed by atoms with Crippen LogP contribution >= 0.6 is 0 Å². The van der Waals surface area contributed by atoms with Gasteiger partial charge in [-0.15, -0.1) is 0 Å². The van der Waals surface area contributed by atoms with Crippen molar-refractivity contribution in [1.82, 2.24) is 24.7 Å². The highest BCUT2D eigenvalue weighted by atomic mass is 32.2. The minimum atomic E-state index is -3.30. The smallest absolute Gasteiger partial charge is 0.243 e. The Balaban J connectivity index is 1.17. The van der Waals surface area contributed by atoms with Crippen LogP contribution in [0.4, 0.5) is 4.39 Å². The Morgan fingerprint density at radius 1 is 1.06 bits per heavy atom. The number of carbonyl (C=O) groups is 1. The predicted molar refractivity (Wildman–Crippen MR) is 202 cm³/mol.